The smallest absolute Gasteiger partial charge is 1.00 e. The first kappa shape index (κ1) is 28.3. The van der Waals surface area contributed by atoms with Crippen LogP contribution in [0.25, 0.3) is 45.6 Å². The third-order valence-corrected chi connectivity index (χ3v) is 6.06. The van der Waals surface area contributed by atoms with Crippen LogP contribution >= 0.6 is 0 Å². The Hall–Kier alpha value is -2.89. The Kier molecular flexibility index (Phi) is 9.47. The first-order valence-electron chi connectivity index (χ1n) is 10.7. The molecule has 0 saturated carbocycles. The van der Waals surface area contributed by atoms with Crippen molar-refractivity contribution in [1.29, 1.82) is 0 Å². The largest absolute Gasteiger partial charge is 2.00 e. The molecule has 180 valence electrons. The van der Waals surface area contributed by atoms with E-state index < -0.39 is 0 Å². The number of halogens is 2. The summed E-state index contributed by atoms with van der Waals surface area (Å²) in [6.07, 6.45) is 0. The molecule has 35 heavy (non-hydrogen) atoms. The van der Waals surface area contributed by atoms with E-state index in [1.165, 1.54) is 0 Å². The molecule has 0 aliphatic heterocycles. The van der Waals surface area contributed by atoms with Gasteiger partial charge in [0.15, 0.2) is 11.6 Å². The number of rotatable bonds is 4. The number of pyridine rings is 1. The second-order valence-electron chi connectivity index (χ2n) is 8.00. The minimum atomic E-state index is 0. The van der Waals surface area contributed by atoms with E-state index in [4.69, 9.17) is 15.0 Å². The average Bonchev–Trinajstić information content (AvgIpc) is 3.31. The molecule has 3 aromatic heterocycles. The van der Waals surface area contributed by atoms with E-state index >= 15 is 0 Å². The van der Waals surface area contributed by atoms with Gasteiger partial charge in [-0.15, -0.1) is 0 Å². The summed E-state index contributed by atoms with van der Waals surface area (Å²) in [5.74, 6) is 1.69. The van der Waals surface area contributed by atoms with Gasteiger partial charge in [0.05, 0.1) is 11.4 Å². The average molecular weight is 546 g/mol. The van der Waals surface area contributed by atoms with Crippen LogP contribution in [0.15, 0.2) is 78.9 Å². The molecule has 2 aromatic carbocycles. The summed E-state index contributed by atoms with van der Waals surface area (Å²) in [4.78, 5) is 14.9. The molecule has 0 atom stereocenters. The van der Waals surface area contributed by atoms with Gasteiger partial charge in [0.1, 0.15) is 11.4 Å². The van der Waals surface area contributed by atoms with Gasteiger partial charge in [-0.25, -0.2) is 15.0 Å². The summed E-state index contributed by atoms with van der Waals surface area (Å²) in [6, 6.07) is 26.6. The molecular formula is C27H25Cl2FeN5. The van der Waals surface area contributed by atoms with Gasteiger partial charge in [-0.1, -0.05) is 66.7 Å². The van der Waals surface area contributed by atoms with Gasteiger partial charge in [-0.3, -0.25) is 0 Å². The predicted molar refractivity (Wildman–Crippen MR) is 129 cm³/mol. The number of nitrogens with zero attached hydrogens (tertiary/aromatic N) is 5. The zero-order valence-corrected chi connectivity index (χ0v) is 22.5. The molecule has 5 nitrogen and oxygen atoms in total. The van der Waals surface area contributed by atoms with Gasteiger partial charge >= 0.3 is 17.1 Å². The fraction of sp³-hybridized carbons (Fsp3) is 0.148. The van der Waals surface area contributed by atoms with E-state index in [-0.39, 0.29) is 41.9 Å². The molecule has 5 rings (SSSR count). The fourth-order valence-corrected chi connectivity index (χ4v) is 4.04. The quantitative estimate of drug-likeness (QED) is 0.295. The van der Waals surface area contributed by atoms with Crippen molar-refractivity contribution in [1.82, 2.24) is 24.1 Å². The standard InChI is InChI=1S/C27H25N5.2ClH.Fe/c1-18-24(20-12-7-5-8-13-20)29-26(31(18)3)22-16-11-17-23(28-22)27-30-25(19(2)32(27)4)21-14-9-6-10-15-21;;;/h5-17H,1-4H3;2*1H;/q;;;+2/p-2. The number of aromatic nitrogens is 5. The fourth-order valence-electron chi connectivity index (χ4n) is 4.04. The maximum Gasteiger partial charge on any atom is 2.00 e. The molecule has 3 heterocycles. The second-order valence-corrected chi connectivity index (χ2v) is 8.00. The summed E-state index contributed by atoms with van der Waals surface area (Å²) < 4.78 is 4.21. The van der Waals surface area contributed by atoms with Crippen LogP contribution in [-0.2, 0) is 31.2 Å². The van der Waals surface area contributed by atoms with Crippen molar-refractivity contribution in [2.75, 3.05) is 0 Å². The number of imidazole rings is 2. The Labute approximate surface area is 229 Å². The molecule has 0 aliphatic rings. The topological polar surface area (TPSA) is 48.5 Å². The maximum absolute atomic E-state index is 4.96. The normalized spacial score (nSPS) is 10.2. The minimum Gasteiger partial charge on any atom is -1.00 e. The summed E-state index contributed by atoms with van der Waals surface area (Å²) in [6.45, 7) is 4.19. The van der Waals surface area contributed by atoms with Crippen LogP contribution in [0, 0.1) is 13.8 Å². The van der Waals surface area contributed by atoms with Crippen molar-refractivity contribution in [3.63, 3.8) is 0 Å². The molecule has 0 amide bonds. The van der Waals surface area contributed by atoms with Crippen LogP contribution in [0.3, 0.4) is 0 Å². The molecular weight excluding hydrogens is 521 g/mol. The molecule has 0 unspecified atom stereocenters. The van der Waals surface area contributed by atoms with Crippen LogP contribution < -0.4 is 24.8 Å². The van der Waals surface area contributed by atoms with Crippen molar-refractivity contribution >= 4 is 0 Å². The van der Waals surface area contributed by atoms with Crippen molar-refractivity contribution < 1.29 is 41.9 Å². The number of hydrogen-bond acceptors (Lipinski definition) is 3. The molecule has 0 aliphatic carbocycles. The van der Waals surface area contributed by atoms with Crippen molar-refractivity contribution in [2.24, 2.45) is 14.1 Å². The van der Waals surface area contributed by atoms with E-state index in [2.05, 4.69) is 47.2 Å². The van der Waals surface area contributed by atoms with Crippen molar-refractivity contribution in [3.05, 3.63) is 90.3 Å². The maximum atomic E-state index is 4.96. The monoisotopic (exact) mass is 545 g/mol. The summed E-state index contributed by atoms with van der Waals surface area (Å²) in [7, 11) is 4.08. The zero-order valence-electron chi connectivity index (χ0n) is 19.9. The van der Waals surface area contributed by atoms with E-state index in [0.717, 1.165) is 56.9 Å². The summed E-state index contributed by atoms with van der Waals surface area (Å²) in [5.41, 5.74) is 8.05. The van der Waals surface area contributed by atoms with Crippen LogP contribution in [0.2, 0.25) is 0 Å². The van der Waals surface area contributed by atoms with Gasteiger partial charge in [0, 0.05) is 36.6 Å². The summed E-state index contributed by atoms with van der Waals surface area (Å²) >= 11 is 0. The van der Waals surface area contributed by atoms with E-state index in [1.54, 1.807) is 0 Å². The van der Waals surface area contributed by atoms with E-state index in [1.807, 2.05) is 68.7 Å². The van der Waals surface area contributed by atoms with Gasteiger partial charge in [-0.2, -0.15) is 0 Å². The molecule has 0 fully saturated rings. The molecule has 0 bridgehead atoms. The van der Waals surface area contributed by atoms with Gasteiger partial charge in [0.25, 0.3) is 0 Å². The summed E-state index contributed by atoms with van der Waals surface area (Å²) in [5, 5.41) is 0. The minimum absolute atomic E-state index is 0. The molecule has 0 radical (unpaired) electrons. The third-order valence-electron chi connectivity index (χ3n) is 6.06. The van der Waals surface area contributed by atoms with E-state index in [0.29, 0.717) is 0 Å². The van der Waals surface area contributed by atoms with Crippen LogP contribution in [-0.4, -0.2) is 24.1 Å². The molecule has 0 spiro atoms. The van der Waals surface area contributed by atoms with Crippen LogP contribution in [0.5, 0.6) is 0 Å². The van der Waals surface area contributed by atoms with Crippen LogP contribution in [0.4, 0.5) is 0 Å². The Morgan fingerprint density at radius 1 is 0.514 bits per heavy atom. The van der Waals surface area contributed by atoms with Gasteiger partial charge in [-0.05, 0) is 26.0 Å². The molecule has 0 saturated heterocycles. The number of benzene rings is 2. The van der Waals surface area contributed by atoms with Gasteiger partial charge in [0.2, 0.25) is 0 Å². The molecule has 0 N–H and O–H groups in total. The Balaban J connectivity index is 0.00000144. The van der Waals surface area contributed by atoms with Crippen molar-refractivity contribution in [2.45, 2.75) is 13.8 Å². The Morgan fingerprint density at radius 2 is 0.886 bits per heavy atom. The second kappa shape index (κ2) is 11.7. The molecule has 8 heteroatoms. The molecule has 5 aromatic rings. The third kappa shape index (κ3) is 5.21. The first-order chi connectivity index (χ1) is 15.5. The first-order valence-corrected chi connectivity index (χ1v) is 10.7. The number of hydrogen-bond donors (Lipinski definition) is 0. The van der Waals surface area contributed by atoms with Gasteiger partial charge < -0.3 is 33.9 Å². The Bertz CT molecular complexity index is 1310. The zero-order chi connectivity index (χ0) is 22.2. The van der Waals surface area contributed by atoms with E-state index in [9.17, 15) is 0 Å². The van der Waals surface area contributed by atoms with Crippen LogP contribution in [0.1, 0.15) is 11.4 Å². The predicted octanol–water partition coefficient (Wildman–Crippen LogP) is -0.161. The Morgan fingerprint density at radius 3 is 1.26 bits per heavy atom. The van der Waals surface area contributed by atoms with Crippen molar-refractivity contribution in [3.8, 4) is 45.6 Å². The SMILES string of the molecule is Cc1c(-c2ccccc2)nc(-c2cccc(-c3nc(-c4ccccc4)c(C)n3C)n2)n1C.[Cl-].[Cl-].[Fe+2].